The first-order valence-electron chi connectivity index (χ1n) is 6.63. The maximum atomic E-state index is 12.9. The fourth-order valence-electron chi connectivity index (χ4n) is 2.00. The van der Waals surface area contributed by atoms with Crippen LogP contribution in [0.25, 0.3) is 0 Å². The van der Waals surface area contributed by atoms with Gasteiger partial charge in [0.25, 0.3) is 0 Å². The first-order valence-corrected chi connectivity index (χ1v) is 6.63. The third-order valence-corrected chi connectivity index (χ3v) is 2.97. The highest BCUT2D eigenvalue weighted by atomic mass is 19.1. The molecule has 0 saturated heterocycles. The predicted molar refractivity (Wildman–Crippen MR) is 79.4 cm³/mol. The first kappa shape index (κ1) is 14.2. The van der Waals surface area contributed by atoms with Crippen LogP contribution >= 0.6 is 0 Å². The van der Waals surface area contributed by atoms with Gasteiger partial charge in [-0.2, -0.15) is 4.98 Å². The Kier molecular flexibility index (Phi) is 4.50. The highest BCUT2D eigenvalue weighted by molar-refractivity contribution is 5.48. The molecule has 4 nitrogen and oxygen atoms in total. The SMILES string of the molecule is CCNc1ncc(C)c(N(C)Cc2ccc(F)cc2)n1. The van der Waals surface area contributed by atoms with E-state index in [1.807, 2.05) is 32.0 Å². The van der Waals surface area contributed by atoms with Gasteiger partial charge in [0.05, 0.1) is 0 Å². The molecule has 0 aliphatic heterocycles. The zero-order chi connectivity index (χ0) is 14.5. The first-order chi connectivity index (χ1) is 9.60. The number of rotatable bonds is 5. The molecule has 0 atom stereocenters. The molecular formula is C15H19FN4. The van der Waals surface area contributed by atoms with Crippen LogP contribution in [0.1, 0.15) is 18.1 Å². The molecule has 1 N–H and O–H groups in total. The fraction of sp³-hybridized carbons (Fsp3) is 0.333. The molecule has 0 unspecified atom stereocenters. The van der Waals surface area contributed by atoms with Gasteiger partial charge >= 0.3 is 0 Å². The third-order valence-electron chi connectivity index (χ3n) is 2.97. The lowest BCUT2D eigenvalue weighted by molar-refractivity contribution is 0.627. The zero-order valence-corrected chi connectivity index (χ0v) is 12.0. The van der Waals surface area contributed by atoms with Gasteiger partial charge in [0.15, 0.2) is 0 Å². The molecule has 1 heterocycles. The Morgan fingerprint density at radius 2 is 1.95 bits per heavy atom. The Morgan fingerprint density at radius 3 is 2.60 bits per heavy atom. The minimum absolute atomic E-state index is 0.218. The number of hydrogen-bond donors (Lipinski definition) is 1. The smallest absolute Gasteiger partial charge is 0.224 e. The van der Waals surface area contributed by atoms with Gasteiger partial charge in [-0.1, -0.05) is 12.1 Å². The van der Waals surface area contributed by atoms with E-state index >= 15 is 0 Å². The number of hydrogen-bond acceptors (Lipinski definition) is 4. The summed E-state index contributed by atoms with van der Waals surface area (Å²) in [6, 6.07) is 6.52. The number of nitrogens with one attached hydrogen (secondary N) is 1. The molecule has 106 valence electrons. The number of benzene rings is 1. The van der Waals surface area contributed by atoms with Crippen LogP contribution in [0.5, 0.6) is 0 Å². The van der Waals surface area contributed by atoms with Crippen molar-refractivity contribution in [1.82, 2.24) is 9.97 Å². The second-order valence-corrected chi connectivity index (χ2v) is 4.71. The summed E-state index contributed by atoms with van der Waals surface area (Å²) >= 11 is 0. The molecule has 20 heavy (non-hydrogen) atoms. The maximum absolute atomic E-state index is 12.9. The highest BCUT2D eigenvalue weighted by Crippen LogP contribution is 2.18. The number of aryl methyl sites for hydroxylation is 1. The number of halogens is 1. The summed E-state index contributed by atoms with van der Waals surface area (Å²) in [6.07, 6.45) is 1.81. The van der Waals surface area contributed by atoms with Crippen LogP contribution in [0, 0.1) is 12.7 Å². The summed E-state index contributed by atoms with van der Waals surface area (Å²) < 4.78 is 12.9. The molecule has 2 aromatic rings. The van der Waals surface area contributed by atoms with Crippen LogP contribution in [0.2, 0.25) is 0 Å². The molecule has 0 bridgehead atoms. The van der Waals surface area contributed by atoms with Crippen molar-refractivity contribution in [3.8, 4) is 0 Å². The van der Waals surface area contributed by atoms with E-state index < -0.39 is 0 Å². The van der Waals surface area contributed by atoms with Crippen molar-refractivity contribution >= 4 is 11.8 Å². The van der Waals surface area contributed by atoms with E-state index in [-0.39, 0.29) is 5.82 Å². The Labute approximate surface area is 118 Å². The van der Waals surface area contributed by atoms with Crippen molar-refractivity contribution in [1.29, 1.82) is 0 Å². The minimum atomic E-state index is -0.218. The van der Waals surface area contributed by atoms with Crippen LogP contribution < -0.4 is 10.2 Å². The van der Waals surface area contributed by atoms with Crippen LogP contribution in [0.4, 0.5) is 16.2 Å². The van der Waals surface area contributed by atoms with Crippen molar-refractivity contribution < 1.29 is 4.39 Å². The molecular weight excluding hydrogens is 255 g/mol. The van der Waals surface area contributed by atoms with Crippen molar-refractivity contribution in [3.05, 3.63) is 47.4 Å². The molecule has 1 aromatic heterocycles. The fourth-order valence-corrected chi connectivity index (χ4v) is 2.00. The Hall–Kier alpha value is -2.17. The average molecular weight is 274 g/mol. The Morgan fingerprint density at radius 1 is 1.25 bits per heavy atom. The maximum Gasteiger partial charge on any atom is 0.224 e. The third kappa shape index (κ3) is 3.44. The van der Waals surface area contributed by atoms with Gasteiger partial charge in [-0.3, -0.25) is 0 Å². The largest absolute Gasteiger partial charge is 0.355 e. The molecule has 0 radical (unpaired) electrons. The number of anilines is 2. The standard InChI is InChI=1S/C15H19FN4/c1-4-17-15-18-9-11(2)14(19-15)20(3)10-12-5-7-13(16)8-6-12/h5-9H,4,10H2,1-3H3,(H,17,18,19). The van der Waals surface area contributed by atoms with Gasteiger partial charge in [0, 0.05) is 31.9 Å². The average Bonchev–Trinajstić information content (AvgIpc) is 2.43. The molecule has 0 amide bonds. The van der Waals surface area contributed by atoms with Crippen molar-refractivity contribution in [2.75, 3.05) is 23.8 Å². The van der Waals surface area contributed by atoms with Gasteiger partial charge in [-0.05, 0) is 31.5 Å². The minimum Gasteiger partial charge on any atom is -0.355 e. The monoisotopic (exact) mass is 274 g/mol. The van der Waals surface area contributed by atoms with E-state index in [4.69, 9.17) is 0 Å². The second-order valence-electron chi connectivity index (χ2n) is 4.71. The zero-order valence-electron chi connectivity index (χ0n) is 12.0. The lowest BCUT2D eigenvalue weighted by atomic mass is 10.2. The molecule has 0 aliphatic rings. The molecule has 5 heteroatoms. The van der Waals surface area contributed by atoms with E-state index in [1.54, 1.807) is 12.1 Å². The van der Waals surface area contributed by atoms with Gasteiger partial charge in [0.1, 0.15) is 11.6 Å². The van der Waals surface area contributed by atoms with Crippen molar-refractivity contribution in [2.24, 2.45) is 0 Å². The number of aromatic nitrogens is 2. The van der Waals surface area contributed by atoms with Crippen LogP contribution in [0.3, 0.4) is 0 Å². The summed E-state index contributed by atoms with van der Waals surface area (Å²) in [5.74, 6) is 1.28. The molecule has 0 aliphatic carbocycles. The molecule has 0 fully saturated rings. The predicted octanol–water partition coefficient (Wildman–Crippen LogP) is 2.99. The van der Waals surface area contributed by atoms with E-state index in [0.717, 1.165) is 23.5 Å². The summed E-state index contributed by atoms with van der Waals surface area (Å²) in [7, 11) is 1.97. The van der Waals surface area contributed by atoms with E-state index in [1.165, 1.54) is 12.1 Å². The van der Waals surface area contributed by atoms with E-state index in [0.29, 0.717) is 12.5 Å². The Bertz CT molecular complexity index is 569. The van der Waals surface area contributed by atoms with Gasteiger partial charge in [-0.25, -0.2) is 9.37 Å². The normalized spacial score (nSPS) is 10.4. The molecule has 0 spiro atoms. The lowest BCUT2D eigenvalue weighted by Gasteiger charge is -2.20. The quantitative estimate of drug-likeness (QED) is 0.910. The lowest BCUT2D eigenvalue weighted by Crippen LogP contribution is -2.20. The topological polar surface area (TPSA) is 41.1 Å². The summed E-state index contributed by atoms with van der Waals surface area (Å²) in [4.78, 5) is 10.8. The van der Waals surface area contributed by atoms with Crippen molar-refractivity contribution in [3.63, 3.8) is 0 Å². The van der Waals surface area contributed by atoms with Gasteiger partial charge in [0.2, 0.25) is 5.95 Å². The van der Waals surface area contributed by atoms with Gasteiger partial charge in [-0.15, -0.1) is 0 Å². The number of nitrogens with zero attached hydrogens (tertiary/aromatic N) is 3. The highest BCUT2D eigenvalue weighted by Gasteiger charge is 2.09. The summed E-state index contributed by atoms with van der Waals surface area (Å²) in [5.41, 5.74) is 2.05. The second kappa shape index (κ2) is 6.32. The van der Waals surface area contributed by atoms with Crippen LogP contribution in [-0.4, -0.2) is 23.6 Å². The van der Waals surface area contributed by atoms with Crippen molar-refractivity contribution in [2.45, 2.75) is 20.4 Å². The van der Waals surface area contributed by atoms with E-state index in [9.17, 15) is 4.39 Å². The van der Waals surface area contributed by atoms with Gasteiger partial charge < -0.3 is 10.2 Å². The van der Waals surface area contributed by atoms with Crippen LogP contribution in [0.15, 0.2) is 30.5 Å². The molecule has 0 saturated carbocycles. The Balaban J connectivity index is 2.17. The summed E-state index contributed by atoms with van der Waals surface area (Å²) in [6.45, 7) is 5.44. The van der Waals surface area contributed by atoms with E-state index in [2.05, 4.69) is 15.3 Å². The molecule has 2 rings (SSSR count). The van der Waals surface area contributed by atoms with Crippen LogP contribution in [-0.2, 0) is 6.54 Å². The summed E-state index contributed by atoms with van der Waals surface area (Å²) in [5, 5.41) is 3.10. The molecule has 1 aromatic carbocycles.